The van der Waals surface area contributed by atoms with E-state index >= 15 is 0 Å². The van der Waals surface area contributed by atoms with Gasteiger partial charge >= 0.3 is 0 Å². The monoisotopic (exact) mass is 350 g/mol. The molecule has 0 saturated carbocycles. The van der Waals surface area contributed by atoms with E-state index in [-0.39, 0.29) is 16.6 Å². The van der Waals surface area contributed by atoms with Crippen LogP contribution in [0.4, 0.5) is 0 Å². The highest BCUT2D eigenvalue weighted by atomic mass is 79.9. The van der Waals surface area contributed by atoms with Gasteiger partial charge in [0.15, 0.2) is 5.78 Å². The van der Waals surface area contributed by atoms with Crippen molar-refractivity contribution in [3.05, 3.63) is 45.0 Å². The minimum absolute atomic E-state index is 0.154. The second-order valence-corrected chi connectivity index (χ2v) is 8.79. The SMILES string of the molecule is CC(C)=C(Br)C=C1C=C(C(C)(C)C)C(=O)C(C(C)(C)C)=C1. The summed E-state index contributed by atoms with van der Waals surface area (Å²) < 4.78 is 1.07. The summed E-state index contributed by atoms with van der Waals surface area (Å²) in [7, 11) is 0. The fraction of sp³-hybridized carbons (Fsp3) is 0.526. The first kappa shape index (κ1) is 18.2. The lowest BCUT2D eigenvalue weighted by Gasteiger charge is -2.31. The molecule has 0 aromatic rings. The topological polar surface area (TPSA) is 17.1 Å². The quantitative estimate of drug-likeness (QED) is 0.555. The number of Topliss-reactive ketones (excluding diaryl/α,β-unsaturated/α-hetero) is 1. The van der Waals surface area contributed by atoms with Gasteiger partial charge in [-0.2, -0.15) is 0 Å². The molecule has 1 aliphatic rings. The van der Waals surface area contributed by atoms with E-state index in [1.165, 1.54) is 5.57 Å². The van der Waals surface area contributed by atoms with Gasteiger partial charge in [0.25, 0.3) is 0 Å². The van der Waals surface area contributed by atoms with Crippen molar-refractivity contribution in [1.82, 2.24) is 0 Å². The zero-order valence-electron chi connectivity index (χ0n) is 14.5. The first-order chi connectivity index (χ1) is 9.34. The van der Waals surface area contributed by atoms with Crippen LogP contribution in [-0.2, 0) is 4.79 Å². The molecule has 0 amide bonds. The third kappa shape index (κ3) is 4.54. The first-order valence-electron chi connectivity index (χ1n) is 7.38. The summed E-state index contributed by atoms with van der Waals surface area (Å²) in [5, 5.41) is 0. The summed E-state index contributed by atoms with van der Waals surface area (Å²) in [4.78, 5) is 12.8. The summed E-state index contributed by atoms with van der Waals surface area (Å²) in [5.41, 5.74) is 3.76. The molecule has 0 radical (unpaired) electrons. The molecule has 0 aromatic heterocycles. The number of halogens is 1. The number of hydrogen-bond acceptors (Lipinski definition) is 1. The highest BCUT2D eigenvalue weighted by Gasteiger charge is 2.33. The van der Waals surface area contributed by atoms with Crippen molar-refractivity contribution < 1.29 is 4.79 Å². The van der Waals surface area contributed by atoms with Crippen LogP contribution in [0.5, 0.6) is 0 Å². The van der Waals surface area contributed by atoms with E-state index in [1.807, 2.05) is 12.2 Å². The van der Waals surface area contributed by atoms with Gasteiger partial charge in [0, 0.05) is 15.6 Å². The van der Waals surface area contributed by atoms with Crippen LogP contribution >= 0.6 is 15.9 Å². The molecule has 1 rings (SSSR count). The Bertz CT molecular complexity index is 530. The molecule has 0 bridgehead atoms. The Morgan fingerprint density at radius 1 is 0.952 bits per heavy atom. The van der Waals surface area contributed by atoms with Crippen LogP contribution in [0, 0.1) is 10.8 Å². The van der Waals surface area contributed by atoms with Gasteiger partial charge in [-0.05, 0) is 48.5 Å². The van der Waals surface area contributed by atoms with Crippen LogP contribution in [0.3, 0.4) is 0 Å². The van der Waals surface area contributed by atoms with E-state index in [2.05, 4.69) is 77.4 Å². The average Bonchev–Trinajstić information content (AvgIpc) is 2.27. The second kappa shape index (κ2) is 6.08. The van der Waals surface area contributed by atoms with Gasteiger partial charge < -0.3 is 0 Å². The Hall–Kier alpha value is -0.890. The van der Waals surface area contributed by atoms with E-state index in [4.69, 9.17) is 0 Å². The Morgan fingerprint density at radius 2 is 1.33 bits per heavy atom. The second-order valence-electron chi connectivity index (χ2n) is 7.94. The first-order valence-corrected chi connectivity index (χ1v) is 8.17. The Labute approximate surface area is 138 Å². The molecule has 0 unspecified atom stereocenters. The van der Waals surface area contributed by atoms with Gasteiger partial charge in [0.05, 0.1) is 0 Å². The van der Waals surface area contributed by atoms with Crippen molar-refractivity contribution in [1.29, 1.82) is 0 Å². The predicted molar refractivity (Wildman–Crippen MR) is 95.5 cm³/mol. The lowest BCUT2D eigenvalue weighted by molar-refractivity contribution is -0.114. The molecule has 1 nitrogen and oxygen atoms in total. The smallest absolute Gasteiger partial charge is 0.186 e. The van der Waals surface area contributed by atoms with Crippen molar-refractivity contribution in [2.24, 2.45) is 10.8 Å². The number of hydrogen-bond donors (Lipinski definition) is 0. The Kier molecular flexibility index (Phi) is 5.26. The van der Waals surface area contributed by atoms with Crippen LogP contribution in [0.15, 0.2) is 45.0 Å². The van der Waals surface area contributed by atoms with E-state index < -0.39 is 0 Å². The molecule has 0 fully saturated rings. The molecular weight excluding hydrogens is 324 g/mol. The van der Waals surface area contributed by atoms with Crippen molar-refractivity contribution in [3.63, 3.8) is 0 Å². The van der Waals surface area contributed by atoms with Gasteiger partial charge in [-0.3, -0.25) is 4.79 Å². The standard InChI is InChI=1S/C19H27BrO/c1-12(2)16(20)11-13-9-14(18(3,4)5)17(21)15(10-13)19(6,7)8/h9-11H,1-8H3. The van der Waals surface area contributed by atoms with Crippen LogP contribution in [-0.4, -0.2) is 5.78 Å². The fourth-order valence-electron chi connectivity index (χ4n) is 2.14. The van der Waals surface area contributed by atoms with Gasteiger partial charge in [0.1, 0.15) is 0 Å². The largest absolute Gasteiger partial charge is 0.289 e. The zero-order chi connectivity index (χ0) is 16.6. The molecule has 2 heteroatoms. The summed E-state index contributed by atoms with van der Waals surface area (Å²) in [6.07, 6.45) is 6.16. The Morgan fingerprint density at radius 3 is 1.62 bits per heavy atom. The van der Waals surface area contributed by atoms with Crippen LogP contribution < -0.4 is 0 Å². The third-order valence-corrected chi connectivity index (χ3v) is 4.52. The maximum Gasteiger partial charge on any atom is 0.186 e. The minimum Gasteiger partial charge on any atom is -0.289 e. The summed E-state index contributed by atoms with van der Waals surface area (Å²) in [6, 6.07) is 0. The van der Waals surface area contributed by atoms with E-state index in [0.29, 0.717) is 0 Å². The minimum atomic E-state index is -0.154. The average molecular weight is 351 g/mol. The van der Waals surface area contributed by atoms with Gasteiger partial charge in [-0.15, -0.1) is 0 Å². The van der Waals surface area contributed by atoms with E-state index in [0.717, 1.165) is 21.2 Å². The number of rotatable bonds is 1. The van der Waals surface area contributed by atoms with Crippen molar-refractivity contribution in [2.45, 2.75) is 55.4 Å². The Balaban J connectivity index is 3.50. The molecule has 0 aliphatic heterocycles. The molecule has 0 N–H and O–H groups in total. The third-order valence-electron chi connectivity index (χ3n) is 3.50. The molecule has 116 valence electrons. The summed E-state index contributed by atoms with van der Waals surface area (Å²) in [5.74, 6) is 0.181. The van der Waals surface area contributed by atoms with Crippen LogP contribution in [0.25, 0.3) is 0 Å². The fourth-order valence-corrected chi connectivity index (χ4v) is 2.40. The number of carbonyl (C=O) groups excluding carboxylic acids is 1. The van der Waals surface area contributed by atoms with Crippen molar-refractivity contribution in [2.75, 3.05) is 0 Å². The van der Waals surface area contributed by atoms with Gasteiger partial charge in [0.2, 0.25) is 0 Å². The maximum atomic E-state index is 12.8. The van der Waals surface area contributed by atoms with Crippen LogP contribution in [0.1, 0.15) is 55.4 Å². The number of carbonyl (C=O) groups is 1. The molecule has 0 saturated heterocycles. The lowest BCUT2D eigenvalue weighted by Crippen LogP contribution is -2.27. The normalized spacial score (nSPS) is 16.4. The molecular formula is C19H27BrO. The number of ketones is 1. The van der Waals surface area contributed by atoms with E-state index in [1.54, 1.807) is 0 Å². The molecule has 1 aliphatic carbocycles. The molecule has 0 spiro atoms. The van der Waals surface area contributed by atoms with Gasteiger partial charge in [-0.25, -0.2) is 0 Å². The molecule has 0 atom stereocenters. The summed E-state index contributed by atoms with van der Waals surface area (Å²) in [6.45, 7) is 16.7. The molecule has 0 aromatic carbocycles. The van der Waals surface area contributed by atoms with Gasteiger partial charge in [-0.1, -0.05) is 63.0 Å². The van der Waals surface area contributed by atoms with Crippen molar-refractivity contribution >= 4 is 21.7 Å². The van der Waals surface area contributed by atoms with Crippen LogP contribution in [0.2, 0.25) is 0 Å². The lowest BCUT2D eigenvalue weighted by atomic mass is 9.72. The van der Waals surface area contributed by atoms with E-state index in [9.17, 15) is 4.79 Å². The molecule has 0 heterocycles. The maximum absolute atomic E-state index is 12.8. The predicted octanol–water partition coefficient (Wildman–Crippen LogP) is 6.13. The molecule has 21 heavy (non-hydrogen) atoms. The highest BCUT2D eigenvalue weighted by Crippen LogP contribution is 2.39. The number of allylic oxidation sites excluding steroid dienone is 8. The zero-order valence-corrected chi connectivity index (χ0v) is 16.1. The van der Waals surface area contributed by atoms with Crippen molar-refractivity contribution in [3.8, 4) is 0 Å². The summed E-state index contributed by atoms with van der Waals surface area (Å²) >= 11 is 3.59. The highest BCUT2D eigenvalue weighted by molar-refractivity contribution is 9.11.